The van der Waals surface area contributed by atoms with Crippen molar-refractivity contribution in [2.75, 3.05) is 10.8 Å². The molecule has 0 aliphatic heterocycles. The minimum atomic E-state index is -0.849. The Morgan fingerprint density at radius 2 is 1.58 bits per heavy atom. The quantitative estimate of drug-likeness (QED) is 0.468. The number of imide groups is 1. The molecule has 0 saturated heterocycles. The fourth-order valence-corrected chi connectivity index (χ4v) is 1.86. The molecule has 0 aromatic heterocycles. The van der Waals surface area contributed by atoms with Crippen molar-refractivity contribution >= 4 is 41.0 Å². The van der Waals surface area contributed by atoms with E-state index in [2.05, 4.69) is 4.99 Å². The molecule has 1 aromatic carbocycles. The van der Waals surface area contributed by atoms with Crippen LogP contribution in [0.2, 0.25) is 0 Å². The van der Waals surface area contributed by atoms with Crippen molar-refractivity contribution in [3.63, 3.8) is 0 Å². The van der Waals surface area contributed by atoms with E-state index in [9.17, 15) is 9.59 Å². The van der Waals surface area contributed by atoms with E-state index >= 15 is 0 Å². The Morgan fingerprint density at radius 1 is 1.08 bits per heavy atom. The van der Waals surface area contributed by atoms with Gasteiger partial charge in [-0.2, -0.15) is 4.90 Å². The van der Waals surface area contributed by atoms with Crippen LogP contribution >= 0.6 is 11.6 Å². The Kier molecular flexibility index (Phi) is 7.03. The minimum absolute atomic E-state index is 0.0616. The maximum atomic E-state index is 12.6. The van der Waals surface area contributed by atoms with Crippen LogP contribution in [0.4, 0.5) is 21.0 Å². The molecule has 0 bridgehead atoms. The van der Waals surface area contributed by atoms with E-state index in [4.69, 9.17) is 26.8 Å². The van der Waals surface area contributed by atoms with E-state index in [0.29, 0.717) is 5.69 Å². The van der Waals surface area contributed by atoms with Crippen LogP contribution in [-0.4, -0.2) is 35.1 Å². The fraction of sp³-hybridized carbons (Fsp3) is 0.500. The standard InChI is InChI=1S/C18H26ClN3O4/c1-17(2,3)25-15(23)22(16(24)26-18(4,5)6)13-9-7-8-12(10-13)21-14(20)11-19/h7-10H,11H2,1-6H3,(H2,20,21). The molecule has 8 heteroatoms. The zero-order chi connectivity index (χ0) is 20.1. The first-order valence-electron chi connectivity index (χ1n) is 8.07. The van der Waals surface area contributed by atoms with Gasteiger partial charge in [0.2, 0.25) is 0 Å². The number of anilines is 1. The van der Waals surface area contributed by atoms with Crippen molar-refractivity contribution in [1.82, 2.24) is 0 Å². The van der Waals surface area contributed by atoms with Crippen LogP contribution in [-0.2, 0) is 9.47 Å². The number of ether oxygens (including phenoxy) is 2. The van der Waals surface area contributed by atoms with Crippen molar-refractivity contribution in [2.24, 2.45) is 10.7 Å². The highest BCUT2D eigenvalue weighted by molar-refractivity contribution is 6.28. The van der Waals surface area contributed by atoms with E-state index in [1.54, 1.807) is 59.7 Å². The summed E-state index contributed by atoms with van der Waals surface area (Å²) in [5.74, 6) is 0.274. The maximum Gasteiger partial charge on any atom is 0.424 e. The number of amides is 2. The number of carbonyl (C=O) groups excluding carboxylic acids is 2. The Labute approximate surface area is 159 Å². The molecule has 1 aromatic rings. The summed E-state index contributed by atoms with van der Waals surface area (Å²) in [5.41, 5.74) is 4.77. The van der Waals surface area contributed by atoms with Gasteiger partial charge in [-0.1, -0.05) is 6.07 Å². The number of amidine groups is 1. The molecule has 1 rings (SSSR count). The molecule has 0 radical (unpaired) electrons. The zero-order valence-corrected chi connectivity index (χ0v) is 16.8. The van der Waals surface area contributed by atoms with Gasteiger partial charge in [-0.3, -0.25) is 0 Å². The number of aliphatic imine (C=N–C) groups is 1. The fourth-order valence-electron chi connectivity index (χ4n) is 1.80. The highest BCUT2D eigenvalue weighted by Gasteiger charge is 2.32. The molecule has 0 saturated carbocycles. The second-order valence-electron chi connectivity index (χ2n) is 7.55. The molecule has 0 aliphatic carbocycles. The topological polar surface area (TPSA) is 94.2 Å². The molecule has 0 spiro atoms. The van der Waals surface area contributed by atoms with Crippen LogP contribution in [0.25, 0.3) is 0 Å². The van der Waals surface area contributed by atoms with E-state index < -0.39 is 23.4 Å². The number of nitrogens with zero attached hydrogens (tertiary/aromatic N) is 2. The van der Waals surface area contributed by atoms with Gasteiger partial charge in [0, 0.05) is 0 Å². The first-order chi connectivity index (χ1) is 11.8. The lowest BCUT2D eigenvalue weighted by molar-refractivity contribution is 0.0431. The van der Waals surface area contributed by atoms with Crippen LogP contribution in [0.3, 0.4) is 0 Å². The van der Waals surface area contributed by atoms with Gasteiger partial charge in [-0.15, -0.1) is 11.6 Å². The Bertz CT molecular complexity index is 662. The molecule has 0 unspecified atom stereocenters. The lowest BCUT2D eigenvalue weighted by Gasteiger charge is -2.28. The number of nitrogens with two attached hydrogens (primary N) is 1. The van der Waals surface area contributed by atoms with Gasteiger partial charge in [-0.25, -0.2) is 14.6 Å². The number of rotatable bonds is 3. The predicted molar refractivity (Wildman–Crippen MR) is 103 cm³/mol. The smallest absolute Gasteiger partial charge is 0.424 e. The molecule has 2 amide bonds. The summed E-state index contributed by atoms with van der Waals surface area (Å²) in [5, 5.41) is 0. The first-order valence-corrected chi connectivity index (χ1v) is 8.61. The molecular formula is C18H26ClN3O4. The van der Waals surface area contributed by atoms with Crippen LogP contribution in [0.1, 0.15) is 41.5 Å². The molecule has 0 heterocycles. The molecule has 26 heavy (non-hydrogen) atoms. The average Bonchev–Trinajstić information content (AvgIpc) is 2.43. The van der Waals surface area contributed by atoms with E-state index in [1.807, 2.05) is 0 Å². The third-order valence-electron chi connectivity index (χ3n) is 2.65. The summed E-state index contributed by atoms with van der Waals surface area (Å²) in [6.45, 7) is 10.3. The Balaban J connectivity index is 3.30. The Hall–Kier alpha value is -2.28. The lowest BCUT2D eigenvalue weighted by atomic mass is 10.2. The van der Waals surface area contributed by atoms with E-state index in [-0.39, 0.29) is 17.4 Å². The third kappa shape index (κ3) is 7.31. The second kappa shape index (κ2) is 8.40. The highest BCUT2D eigenvalue weighted by Crippen LogP contribution is 2.25. The summed E-state index contributed by atoms with van der Waals surface area (Å²) in [6.07, 6.45) is -1.70. The molecule has 144 valence electrons. The number of hydrogen-bond acceptors (Lipinski definition) is 5. The molecule has 0 aliphatic rings. The molecular weight excluding hydrogens is 358 g/mol. The Morgan fingerprint density at radius 3 is 2.00 bits per heavy atom. The van der Waals surface area contributed by atoms with Gasteiger partial charge in [0.05, 0.1) is 17.3 Å². The van der Waals surface area contributed by atoms with Gasteiger partial charge in [0.1, 0.15) is 17.0 Å². The molecule has 0 atom stereocenters. The van der Waals surface area contributed by atoms with Crippen LogP contribution in [0.5, 0.6) is 0 Å². The molecule has 0 fully saturated rings. The maximum absolute atomic E-state index is 12.6. The van der Waals surface area contributed by atoms with Crippen molar-refractivity contribution < 1.29 is 19.1 Å². The highest BCUT2D eigenvalue weighted by atomic mass is 35.5. The van der Waals surface area contributed by atoms with Gasteiger partial charge in [0.25, 0.3) is 0 Å². The van der Waals surface area contributed by atoms with Gasteiger partial charge in [-0.05, 0) is 59.7 Å². The van der Waals surface area contributed by atoms with Crippen molar-refractivity contribution in [1.29, 1.82) is 0 Å². The number of hydrogen-bond donors (Lipinski definition) is 1. The number of carbonyl (C=O) groups is 2. The summed E-state index contributed by atoms with van der Waals surface area (Å²) in [6, 6.07) is 6.40. The van der Waals surface area contributed by atoms with Crippen molar-refractivity contribution in [3.8, 4) is 0 Å². The molecule has 2 N–H and O–H groups in total. The average molecular weight is 384 g/mol. The zero-order valence-electron chi connectivity index (χ0n) is 16.0. The molecule has 7 nitrogen and oxygen atoms in total. The van der Waals surface area contributed by atoms with Crippen LogP contribution in [0.15, 0.2) is 29.3 Å². The van der Waals surface area contributed by atoms with Gasteiger partial charge in [0.15, 0.2) is 0 Å². The van der Waals surface area contributed by atoms with Crippen molar-refractivity contribution in [3.05, 3.63) is 24.3 Å². The van der Waals surface area contributed by atoms with Crippen LogP contribution < -0.4 is 10.6 Å². The van der Waals surface area contributed by atoms with E-state index in [1.165, 1.54) is 6.07 Å². The summed E-state index contributed by atoms with van der Waals surface area (Å²) < 4.78 is 10.7. The van der Waals surface area contributed by atoms with Crippen molar-refractivity contribution in [2.45, 2.75) is 52.7 Å². The predicted octanol–water partition coefficient (Wildman–Crippen LogP) is 4.59. The normalized spacial score (nSPS) is 12.5. The summed E-state index contributed by atoms with van der Waals surface area (Å²) in [7, 11) is 0. The second-order valence-corrected chi connectivity index (χ2v) is 7.82. The summed E-state index contributed by atoms with van der Waals surface area (Å²) >= 11 is 5.64. The number of halogens is 1. The van der Waals surface area contributed by atoms with Gasteiger partial charge < -0.3 is 15.2 Å². The number of benzene rings is 1. The lowest BCUT2D eigenvalue weighted by Crippen LogP contribution is -2.43. The third-order valence-corrected chi connectivity index (χ3v) is 2.92. The number of alkyl halides is 1. The summed E-state index contributed by atoms with van der Waals surface area (Å²) in [4.78, 5) is 30.1. The SMILES string of the molecule is CC(C)(C)OC(=O)N(C(=O)OC(C)(C)C)c1cccc(N=C(N)CCl)c1. The van der Waals surface area contributed by atoms with E-state index in [0.717, 1.165) is 4.90 Å². The minimum Gasteiger partial charge on any atom is -0.443 e. The largest absolute Gasteiger partial charge is 0.443 e. The van der Waals surface area contributed by atoms with Crippen LogP contribution in [0, 0.1) is 0 Å². The van der Waals surface area contributed by atoms with Gasteiger partial charge >= 0.3 is 12.2 Å². The first kappa shape index (κ1) is 21.8. The monoisotopic (exact) mass is 383 g/mol.